The van der Waals surface area contributed by atoms with Gasteiger partial charge < -0.3 is 15.2 Å². The lowest BCUT2D eigenvalue weighted by molar-refractivity contribution is 0.174. The zero-order valence-electron chi connectivity index (χ0n) is 13.2. The summed E-state index contributed by atoms with van der Waals surface area (Å²) in [5.74, 6) is 0.838. The van der Waals surface area contributed by atoms with Crippen LogP contribution in [0.5, 0.6) is 5.75 Å². The van der Waals surface area contributed by atoms with Crippen molar-refractivity contribution >= 4 is 31.9 Å². The Morgan fingerprint density at radius 3 is 2.48 bits per heavy atom. The number of ether oxygens (including phenoxy) is 1. The van der Waals surface area contributed by atoms with Gasteiger partial charge in [-0.2, -0.15) is 0 Å². The van der Waals surface area contributed by atoms with Crippen LogP contribution in [0.3, 0.4) is 0 Å². The van der Waals surface area contributed by atoms with E-state index < -0.39 is 6.10 Å². The minimum absolute atomic E-state index is 0.0983. The van der Waals surface area contributed by atoms with Gasteiger partial charge in [0.1, 0.15) is 5.75 Å². The van der Waals surface area contributed by atoms with E-state index in [9.17, 15) is 5.11 Å². The Morgan fingerprint density at radius 1 is 1.13 bits per heavy atom. The Labute approximate surface area is 154 Å². The molecule has 5 heteroatoms. The topological polar surface area (TPSA) is 41.5 Å². The van der Waals surface area contributed by atoms with Crippen LogP contribution in [-0.4, -0.2) is 17.8 Å². The van der Waals surface area contributed by atoms with E-state index in [2.05, 4.69) is 37.2 Å². The van der Waals surface area contributed by atoms with Gasteiger partial charge in [0.15, 0.2) is 0 Å². The summed E-state index contributed by atoms with van der Waals surface area (Å²) in [5, 5.41) is 13.5. The standard InChI is InChI=1S/C18H21Br2NO2/c1-12(2)23-18-14(8-15(19)9-16(18)20)10-21-11-17(22)13-6-4-3-5-7-13/h3-9,12,17,21-22H,10-11H2,1-2H3/t17-/m1/s1. The van der Waals surface area contributed by atoms with E-state index in [4.69, 9.17) is 4.74 Å². The van der Waals surface area contributed by atoms with Crippen LogP contribution in [0.4, 0.5) is 0 Å². The largest absolute Gasteiger partial charge is 0.489 e. The summed E-state index contributed by atoms with van der Waals surface area (Å²) < 4.78 is 7.81. The highest BCUT2D eigenvalue weighted by molar-refractivity contribution is 9.11. The summed E-state index contributed by atoms with van der Waals surface area (Å²) in [4.78, 5) is 0. The lowest BCUT2D eigenvalue weighted by atomic mass is 10.1. The predicted molar refractivity (Wildman–Crippen MR) is 101 cm³/mol. The molecule has 0 aliphatic rings. The van der Waals surface area contributed by atoms with Crippen molar-refractivity contribution in [3.05, 3.63) is 62.5 Å². The van der Waals surface area contributed by atoms with E-state index in [1.165, 1.54) is 0 Å². The van der Waals surface area contributed by atoms with Crippen molar-refractivity contribution in [2.45, 2.75) is 32.6 Å². The maximum Gasteiger partial charge on any atom is 0.138 e. The van der Waals surface area contributed by atoms with Gasteiger partial charge in [-0.05, 0) is 47.5 Å². The van der Waals surface area contributed by atoms with Crippen molar-refractivity contribution in [3.8, 4) is 5.75 Å². The van der Waals surface area contributed by atoms with Crippen molar-refractivity contribution < 1.29 is 9.84 Å². The SMILES string of the molecule is CC(C)Oc1c(Br)cc(Br)cc1CNC[C@@H](O)c1ccccc1. The lowest BCUT2D eigenvalue weighted by Gasteiger charge is -2.18. The molecule has 0 heterocycles. The molecule has 3 nitrogen and oxygen atoms in total. The van der Waals surface area contributed by atoms with Crippen LogP contribution in [0.2, 0.25) is 0 Å². The number of halogens is 2. The van der Waals surface area contributed by atoms with Crippen LogP contribution >= 0.6 is 31.9 Å². The van der Waals surface area contributed by atoms with Crippen molar-refractivity contribution in [3.63, 3.8) is 0 Å². The maximum absolute atomic E-state index is 10.2. The molecule has 0 fully saturated rings. The second kappa shape index (κ2) is 8.83. The van der Waals surface area contributed by atoms with E-state index in [-0.39, 0.29) is 6.10 Å². The number of benzene rings is 2. The van der Waals surface area contributed by atoms with E-state index in [1.807, 2.05) is 56.3 Å². The normalized spacial score (nSPS) is 12.4. The first-order valence-electron chi connectivity index (χ1n) is 7.55. The van der Waals surface area contributed by atoms with Crippen LogP contribution < -0.4 is 10.1 Å². The smallest absolute Gasteiger partial charge is 0.138 e. The van der Waals surface area contributed by atoms with Gasteiger partial charge >= 0.3 is 0 Å². The molecule has 0 spiro atoms. The highest BCUT2D eigenvalue weighted by Gasteiger charge is 2.13. The number of rotatable bonds is 7. The molecule has 1 atom stereocenters. The molecule has 0 radical (unpaired) electrons. The molecule has 0 aromatic heterocycles. The summed E-state index contributed by atoms with van der Waals surface area (Å²) in [6.07, 6.45) is -0.428. The molecule has 0 bridgehead atoms. The predicted octanol–water partition coefficient (Wildman–Crippen LogP) is 4.82. The van der Waals surface area contributed by atoms with E-state index >= 15 is 0 Å². The fraction of sp³-hybridized carbons (Fsp3) is 0.333. The van der Waals surface area contributed by atoms with Crippen molar-refractivity contribution in [2.75, 3.05) is 6.54 Å². The van der Waals surface area contributed by atoms with Gasteiger partial charge in [0, 0.05) is 23.1 Å². The number of hydrogen-bond acceptors (Lipinski definition) is 3. The summed E-state index contributed by atoms with van der Waals surface area (Å²) in [7, 11) is 0. The lowest BCUT2D eigenvalue weighted by Crippen LogP contribution is -2.22. The molecule has 2 rings (SSSR count). The third kappa shape index (κ3) is 5.60. The summed E-state index contributed by atoms with van der Waals surface area (Å²) >= 11 is 7.06. The molecular formula is C18H21Br2NO2. The number of aliphatic hydroxyl groups is 1. The molecule has 0 unspecified atom stereocenters. The van der Waals surface area contributed by atoms with Gasteiger partial charge in [0.2, 0.25) is 0 Å². The Kier molecular flexibility index (Phi) is 7.09. The van der Waals surface area contributed by atoms with E-state index in [1.54, 1.807) is 0 Å². The Hall–Kier alpha value is -0.880. The fourth-order valence-corrected chi connectivity index (χ4v) is 3.66. The van der Waals surface area contributed by atoms with E-state index in [0.29, 0.717) is 13.1 Å². The number of nitrogens with one attached hydrogen (secondary N) is 1. The molecule has 2 aromatic carbocycles. The van der Waals surface area contributed by atoms with Gasteiger partial charge in [0.25, 0.3) is 0 Å². The van der Waals surface area contributed by atoms with Gasteiger partial charge in [-0.3, -0.25) is 0 Å². The van der Waals surface area contributed by atoms with Crippen LogP contribution in [0.15, 0.2) is 51.4 Å². The molecule has 0 saturated carbocycles. The van der Waals surface area contributed by atoms with Gasteiger partial charge in [0.05, 0.1) is 16.7 Å². The first kappa shape index (κ1) is 18.5. The van der Waals surface area contributed by atoms with Crippen LogP contribution in [0, 0.1) is 0 Å². The molecule has 0 amide bonds. The van der Waals surface area contributed by atoms with Crippen LogP contribution in [-0.2, 0) is 6.54 Å². The quantitative estimate of drug-likeness (QED) is 0.645. The molecule has 0 saturated heterocycles. The van der Waals surface area contributed by atoms with Crippen LogP contribution in [0.25, 0.3) is 0 Å². The highest BCUT2D eigenvalue weighted by Crippen LogP contribution is 2.33. The zero-order valence-corrected chi connectivity index (χ0v) is 16.4. The molecule has 0 aliphatic heterocycles. The summed E-state index contributed by atoms with van der Waals surface area (Å²) in [6, 6.07) is 13.7. The second-order valence-corrected chi connectivity index (χ2v) is 7.37. The molecule has 0 aliphatic carbocycles. The first-order chi connectivity index (χ1) is 11.0. The minimum Gasteiger partial charge on any atom is -0.489 e. The Morgan fingerprint density at radius 2 is 1.83 bits per heavy atom. The zero-order chi connectivity index (χ0) is 16.8. The monoisotopic (exact) mass is 441 g/mol. The van der Waals surface area contributed by atoms with Gasteiger partial charge in [-0.15, -0.1) is 0 Å². The van der Waals surface area contributed by atoms with Crippen molar-refractivity contribution in [1.82, 2.24) is 5.32 Å². The van der Waals surface area contributed by atoms with Crippen molar-refractivity contribution in [1.29, 1.82) is 0 Å². The third-order valence-corrected chi connectivity index (χ3v) is 4.32. The number of aliphatic hydroxyl groups excluding tert-OH is 1. The average Bonchev–Trinajstić information content (AvgIpc) is 2.51. The first-order valence-corrected chi connectivity index (χ1v) is 9.14. The third-order valence-electron chi connectivity index (χ3n) is 3.28. The average molecular weight is 443 g/mol. The Bertz CT molecular complexity index is 632. The molecule has 23 heavy (non-hydrogen) atoms. The van der Waals surface area contributed by atoms with Gasteiger partial charge in [-0.1, -0.05) is 46.3 Å². The molecule has 124 valence electrons. The molecular weight excluding hydrogens is 422 g/mol. The van der Waals surface area contributed by atoms with Crippen molar-refractivity contribution in [2.24, 2.45) is 0 Å². The van der Waals surface area contributed by atoms with Crippen LogP contribution in [0.1, 0.15) is 31.1 Å². The molecule has 2 aromatic rings. The summed E-state index contributed by atoms with van der Waals surface area (Å²) in [5.41, 5.74) is 1.95. The second-order valence-electron chi connectivity index (χ2n) is 5.60. The maximum atomic E-state index is 10.2. The van der Waals surface area contributed by atoms with E-state index in [0.717, 1.165) is 25.8 Å². The Balaban J connectivity index is 2.02. The fourth-order valence-electron chi connectivity index (χ4n) is 2.25. The summed E-state index contributed by atoms with van der Waals surface area (Å²) in [6.45, 7) is 5.11. The highest BCUT2D eigenvalue weighted by atomic mass is 79.9. The van der Waals surface area contributed by atoms with Gasteiger partial charge in [-0.25, -0.2) is 0 Å². The minimum atomic E-state index is -0.527. The molecule has 2 N–H and O–H groups in total. The number of hydrogen-bond donors (Lipinski definition) is 2.